The van der Waals surface area contributed by atoms with Gasteiger partial charge in [-0.3, -0.25) is 0 Å². The first-order valence-electron chi connectivity index (χ1n) is 7.88. The van der Waals surface area contributed by atoms with E-state index < -0.39 is 0 Å². The van der Waals surface area contributed by atoms with Gasteiger partial charge < -0.3 is 10.2 Å². The lowest BCUT2D eigenvalue weighted by Gasteiger charge is -2.47. The molecule has 1 aliphatic rings. The predicted molar refractivity (Wildman–Crippen MR) is 88.6 cm³/mol. The van der Waals surface area contributed by atoms with Crippen LogP contribution in [0.2, 0.25) is 0 Å². The van der Waals surface area contributed by atoms with Gasteiger partial charge in [0.25, 0.3) is 0 Å². The Morgan fingerprint density at radius 3 is 2.55 bits per heavy atom. The molecule has 0 aliphatic carbocycles. The van der Waals surface area contributed by atoms with Crippen LogP contribution in [0, 0.1) is 0 Å². The normalized spacial score (nSPS) is 27.7. The van der Waals surface area contributed by atoms with Crippen molar-refractivity contribution < 1.29 is 0 Å². The molecule has 0 saturated carbocycles. The van der Waals surface area contributed by atoms with E-state index in [2.05, 4.69) is 76.0 Å². The molecule has 2 atom stereocenters. The highest BCUT2D eigenvalue weighted by Crippen LogP contribution is 2.34. The zero-order valence-electron chi connectivity index (χ0n) is 14.0. The maximum atomic E-state index is 3.71. The lowest BCUT2D eigenvalue weighted by Crippen LogP contribution is -2.62. The fourth-order valence-corrected chi connectivity index (χ4v) is 3.01. The molecule has 1 N–H and O–H groups in total. The van der Waals surface area contributed by atoms with Crippen molar-refractivity contribution in [3.63, 3.8) is 0 Å². The highest BCUT2D eigenvalue weighted by atomic mass is 15.3. The van der Waals surface area contributed by atoms with Crippen LogP contribution >= 0.6 is 0 Å². The number of piperazine rings is 1. The Hall–Kier alpha value is -1.02. The molecule has 1 heterocycles. The van der Waals surface area contributed by atoms with Crippen LogP contribution in [0.1, 0.15) is 53.5 Å². The summed E-state index contributed by atoms with van der Waals surface area (Å²) in [6.45, 7) is 16.0. The Morgan fingerprint density at radius 1 is 1.30 bits per heavy atom. The van der Waals surface area contributed by atoms with E-state index in [0.717, 1.165) is 19.5 Å². The first-order chi connectivity index (χ1) is 9.27. The van der Waals surface area contributed by atoms with E-state index in [1.807, 2.05) is 0 Å². The lowest BCUT2D eigenvalue weighted by molar-refractivity contribution is 0.285. The minimum absolute atomic E-state index is 0.184. The van der Waals surface area contributed by atoms with Gasteiger partial charge in [0.05, 0.1) is 0 Å². The third kappa shape index (κ3) is 3.01. The summed E-state index contributed by atoms with van der Waals surface area (Å²) in [5.74, 6) is 0. The molecule has 1 aromatic rings. The molecular weight excluding hydrogens is 244 g/mol. The molecule has 0 spiro atoms. The maximum absolute atomic E-state index is 3.71. The summed E-state index contributed by atoms with van der Waals surface area (Å²) in [7, 11) is 0. The average Bonchev–Trinajstić information content (AvgIpc) is 2.41. The van der Waals surface area contributed by atoms with E-state index in [-0.39, 0.29) is 11.0 Å². The number of nitrogens with one attached hydrogen (secondary N) is 1. The number of para-hydroxylation sites is 1. The standard InChI is InChI=1S/C18H30N2/c1-7-18(6)13-20(14(2)12-19-18)16-11-9-8-10-15(16)17(3,4)5/h8-11,14,19H,7,12-13H2,1-6H3. The topological polar surface area (TPSA) is 15.3 Å². The highest BCUT2D eigenvalue weighted by molar-refractivity contribution is 5.58. The van der Waals surface area contributed by atoms with Crippen LogP contribution in [0.15, 0.2) is 24.3 Å². The second-order valence-electron chi connectivity index (χ2n) is 7.54. The van der Waals surface area contributed by atoms with Crippen molar-refractivity contribution in [3.05, 3.63) is 29.8 Å². The summed E-state index contributed by atoms with van der Waals surface area (Å²) in [6, 6.07) is 9.45. The molecule has 20 heavy (non-hydrogen) atoms. The van der Waals surface area contributed by atoms with E-state index in [4.69, 9.17) is 0 Å². The number of anilines is 1. The van der Waals surface area contributed by atoms with E-state index in [9.17, 15) is 0 Å². The molecule has 1 saturated heterocycles. The van der Waals surface area contributed by atoms with Crippen LogP contribution in [0.3, 0.4) is 0 Å². The van der Waals surface area contributed by atoms with Gasteiger partial charge in [0.2, 0.25) is 0 Å². The Labute approximate surface area is 124 Å². The molecule has 2 unspecified atom stereocenters. The molecule has 1 fully saturated rings. The zero-order valence-corrected chi connectivity index (χ0v) is 14.0. The molecule has 2 heteroatoms. The van der Waals surface area contributed by atoms with Gasteiger partial charge >= 0.3 is 0 Å². The van der Waals surface area contributed by atoms with Crippen LogP contribution in [-0.4, -0.2) is 24.7 Å². The smallest absolute Gasteiger partial charge is 0.0407 e. The molecule has 112 valence electrons. The number of benzene rings is 1. The van der Waals surface area contributed by atoms with Crippen LogP contribution in [-0.2, 0) is 5.41 Å². The molecular formula is C18H30N2. The van der Waals surface area contributed by atoms with E-state index in [1.54, 1.807) is 0 Å². The van der Waals surface area contributed by atoms with Crippen molar-refractivity contribution in [2.45, 2.75) is 65.0 Å². The molecule has 0 radical (unpaired) electrons. The lowest BCUT2D eigenvalue weighted by atomic mass is 9.84. The summed E-state index contributed by atoms with van der Waals surface area (Å²) in [5.41, 5.74) is 3.27. The Morgan fingerprint density at radius 2 is 1.95 bits per heavy atom. The van der Waals surface area contributed by atoms with Crippen molar-refractivity contribution in [1.29, 1.82) is 0 Å². The Balaban J connectivity index is 2.39. The summed E-state index contributed by atoms with van der Waals surface area (Å²) in [6.07, 6.45) is 1.16. The van der Waals surface area contributed by atoms with Crippen molar-refractivity contribution in [3.8, 4) is 0 Å². The number of hydrogen-bond donors (Lipinski definition) is 1. The Kier molecular flexibility index (Phi) is 4.15. The molecule has 1 aromatic carbocycles. The van der Waals surface area contributed by atoms with E-state index in [1.165, 1.54) is 11.3 Å². The number of hydrogen-bond acceptors (Lipinski definition) is 2. The monoisotopic (exact) mass is 274 g/mol. The third-order valence-electron chi connectivity index (χ3n) is 4.68. The SMILES string of the molecule is CCC1(C)CN(c2ccccc2C(C)(C)C)C(C)CN1. The van der Waals surface area contributed by atoms with E-state index >= 15 is 0 Å². The van der Waals surface area contributed by atoms with Gasteiger partial charge in [-0.1, -0.05) is 45.9 Å². The quantitative estimate of drug-likeness (QED) is 0.878. The minimum Gasteiger partial charge on any atom is -0.365 e. The molecule has 0 amide bonds. The fourth-order valence-electron chi connectivity index (χ4n) is 3.01. The second-order valence-corrected chi connectivity index (χ2v) is 7.54. The summed E-state index contributed by atoms with van der Waals surface area (Å²) < 4.78 is 0. The van der Waals surface area contributed by atoms with Gasteiger partial charge in [0.15, 0.2) is 0 Å². The van der Waals surface area contributed by atoms with Gasteiger partial charge in [-0.2, -0.15) is 0 Å². The summed E-state index contributed by atoms with van der Waals surface area (Å²) >= 11 is 0. The molecule has 0 bridgehead atoms. The summed E-state index contributed by atoms with van der Waals surface area (Å²) in [4.78, 5) is 2.60. The van der Waals surface area contributed by atoms with Crippen molar-refractivity contribution in [2.75, 3.05) is 18.0 Å². The highest BCUT2D eigenvalue weighted by Gasteiger charge is 2.34. The molecule has 2 nitrogen and oxygen atoms in total. The molecule has 1 aliphatic heterocycles. The average molecular weight is 274 g/mol. The van der Waals surface area contributed by atoms with Crippen molar-refractivity contribution in [2.24, 2.45) is 0 Å². The first kappa shape index (κ1) is 15.4. The Bertz CT molecular complexity index is 461. The molecule has 2 rings (SSSR count). The van der Waals surface area contributed by atoms with E-state index in [0.29, 0.717) is 6.04 Å². The largest absolute Gasteiger partial charge is 0.365 e. The summed E-state index contributed by atoms with van der Waals surface area (Å²) in [5, 5.41) is 3.71. The van der Waals surface area contributed by atoms with Crippen LogP contribution < -0.4 is 10.2 Å². The number of nitrogens with zero attached hydrogens (tertiary/aromatic N) is 1. The van der Waals surface area contributed by atoms with Gasteiger partial charge in [-0.05, 0) is 37.3 Å². The van der Waals surface area contributed by atoms with Crippen molar-refractivity contribution in [1.82, 2.24) is 5.32 Å². The van der Waals surface area contributed by atoms with Crippen molar-refractivity contribution >= 4 is 5.69 Å². The second kappa shape index (κ2) is 5.40. The molecule has 0 aromatic heterocycles. The van der Waals surface area contributed by atoms with Gasteiger partial charge in [0, 0.05) is 30.4 Å². The third-order valence-corrected chi connectivity index (χ3v) is 4.68. The zero-order chi connectivity index (χ0) is 15.0. The fraction of sp³-hybridized carbons (Fsp3) is 0.667. The van der Waals surface area contributed by atoms with Gasteiger partial charge in [-0.15, -0.1) is 0 Å². The van der Waals surface area contributed by atoms with Crippen LogP contribution in [0.4, 0.5) is 5.69 Å². The predicted octanol–water partition coefficient (Wildman–Crippen LogP) is 3.95. The van der Waals surface area contributed by atoms with Gasteiger partial charge in [0.1, 0.15) is 0 Å². The van der Waals surface area contributed by atoms with Crippen LogP contribution in [0.5, 0.6) is 0 Å². The maximum Gasteiger partial charge on any atom is 0.0407 e. The first-order valence-corrected chi connectivity index (χ1v) is 7.88. The number of rotatable bonds is 2. The minimum atomic E-state index is 0.184. The van der Waals surface area contributed by atoms with Gasteiger partial charge in [-0.25, -0.2) is 0 Å². The van der Waals surface area contributed by atoms with Crippen LogP contribution in [0.25, 0.3) is 0 Å².